The summed E-state index contributed by atoms with van der Waals surface area (Å²) in [6, 6.07) is 13.5. The van der Waals surface area contributed by atoms with Gasteiger partial charge in [0.2, 0.25) is 5.91 Å². The fourth-order valence-electron chi connectivity index (χ4n) is 4.42. The Kier molecular flexibility index (Phi) is 7.22. The minimum absolute atomic E-state index is 0.110. The zero-order valence-corrected chi connectivity index (χ0v) is 18.3. The van der Waals surface area contributed by atoms with E-state index in [1.807, 2.05) is 30.3 Å². The third-order valence-electron chi connectivity index (χ3n) is 5.77. The van der Waals surface area contributed by atoms with Crippen LogP contribution in [-0.4, -0.2) is 27.9 Å². The monoisotopic (exact) mass is 445 g/mol. The SMILES string of the molecule is C=CC[C@@H]1C[C@H](c2cccc(Cl)c2)[C@@H](c2ccc(Cl)cc2)N(C(CC)C(=O)O)C1=O. The van der Waals surface area contributed by atoms with E-state index in [-0.39, 0.29) is 17.7 Å². The fraction of sp³-hybridized carbons (Fsp3) is 0.333. The topological polar surface area (TPSA) is 57.6 Å². The number of piperidine rings is 1. The Morgan fingerprint density at radius 3 is 2.47 bits per heavy atom. The maximum atomic E-state index is 13.5. The molecular weight excluding hydrogens is 421 g/mol. The first-order valence-corrected chi connectivity index (χ1v) is 10.8. The molecule has 0 aliphatic carbocycles. The number of carbonyl (C=O) groups is 2. The maximum absolute atomic E-state index is 13.5. The van der Waals surface area contributed by atoms with E-state index in [0.717, 1.165) is 11.1 Å². The number of benzene rings is 2. The highest BCUT2D eigenvalue weighted by Gasteiger charge is 2.46. The molecule has 1 aliphatic heterocycles. The number of amides is 1. The van der Waals surface area contributed by atoms with Gasteiger partial charge < -0.3 is 10.0 Å². The highest BCUT2D eigenvalue weighted by atomic mass is 35.5. The Morgan fingerprint density at radius 2 is 1.90 bits per heavy atom. The van der Waals surface area contributed by atoms with Crippen LogP contribution in [0.2, 0.25) is 10.0 Å². The molecule has 4 atom stereocenters. The van der Waals surface area contributed by atoms with Crippen LogP contribution in [0.4, 0.5) is 0 Å². The number of allylic oxidation sites excluding steroid dienone is 1. The quantitative estimate of drug-likeness (QED) is 0.523. The van der Waals surface area contributed by atoms with Gasteiger partial charge in [-0.05, 0) is 54.7 Å². The van der Waals surface area contributed by atoms with Gasteiger partial charge in [0, 0.05) is 21.9 Å². The van der Waals surface area contributed by atoms with Gasteiger partial charge in [-0.3, -0.25) is 4.79 Å². The van der Waals surface area contributed by atoms with Crippen LogP contribution in [0.1, 0.15) is 49.3 Å². The van der Waals surface area contributed by atoms with Crippen molar-refractivity contribution in [3.8, 4) is 0 Å². The lowest BCUT2D eigenvalue weighted by Crippen LogP contribution is -2.54. The van der Waals surface area contributed by atoms with Gasteiger partial charge in [0.05, 0.1) is 6.04 Å². The van der Waals surface area contributed by atoms with Crippen molar-refractivity contribution in [2.24, 2.45) is 5.92 Å². The third-order valence-corrected chi connectivity index (χ3v) is 6.26. The van der Waals surface area contributed by atoms with Crippen molar-refractivity contribution in [3.63, 3.8) is 0 Å². The number of rotatable bonds is 7. The minimum atomic E-state index is -1.01. The molecule has 1 saturated heterocycles. The van der Waals surface area contributed by atoms with E-state index in [9.17, 15) is 14.7 Å². The molecule has 1 heterocycles. The summed E-state index contributed by atoms with van der Waals surface area (Å²) in [6.07, 6.45) is 3.12. The Hall–Kier alpha value is -2.30. The van der Waals surface area contributed by atoms with Gasteiger partial charge >= 0.3 is 5.97 Å². The summed E-state index contributed by atoms with van der Waals surface area (Å²) in [5, 5.41) is 11.1. The van der Waals surface area contributed by atoms with E-state index in [1.165, 1.54) is 0 Å². The van der Waals surface area contributed by atoms with Gasteiger partial charge in [0.25, 0.3) is 0 Å². The minimum Gasteiger partial charge on any atom is -0.480 e. The number of hydrogen-bond acceptors (Lipinski definition) is 2. The summed E-state index contributed by atoms with van der Waals surface area (Å²) in [6.45, 7) is 5.58. The number of hydrogen-bond donors (Lipinski definition) is 1. The van der Waals surface area contributed by atoms with Crippen molar-refractivity contribution >= 4 is 35.1 Å². The molecule has 158 valence electrons. The van der Waals surface area contributed by atoms with Crippen molar-refractivity contribution in [2.75, 3.05) is 0 Å². The smallest absolute Gasteiger partial charge is 0.326 e. The maximum Gasteiger partial charge on any atom is 0.326 e. The molecule has 0 aromatic heterocycles. The van der Waals surface area contributed by atoms with Gasteiger partial charge in [0.1, 0.15) is 6.04 Å². The highest BCUT2D eigenvalue weighted by molar-refractivity contribution is 6.30. The van der Waals surface area contributed by atoms with Crippen LogP contribution >= 0.6 is 23.2 Å². The van der Waals surface area contributed by atoms with Crippen LogP contribution in [0.3, 0.4) is 0 Å². The normalized spacial score (nSPS) is 22.6. The summed E-state index contributed by atoms with van der Waals surface area (Å²) < 4.78 is 0. The van der Waals surface area contributed by atoms with Crippen LogP contribution < -0.4 is 0 Å². The first kappa shape index (κ1) is 22.4. The number of carboxylic acids is 1. The average Bonchev–Trinajstić information content (AvgIpc) is 2.71. The fourth-order valence-corrected chi connectivity index (χ4v) is 4.75. The van der Waals surface area contributed by atoms with Gasteiger partial charge in [-0.2, -0.15) is 0 Å². The van der Waals surface area contributed by atoms with Gasteiger partial charge in [0.15, 0.2) is 0 Å². The number of likely N-dealkylation sites (tertiary alicyclic amines) is 1. The molecule has 1 N–H and O–H groups in total. The summed E-state index contributed by atoms with van der Waals surface area (Å²) in [7, 11) is 0. The highest BCUT2D eigenvalue weighted by Crippen LogP contribution is 2.47. The molecule has 30 heavy (non-hydrogen) atoms. The average molecular weight is 446 g/mol. The molecule has 2 aromatic carbocycles. The lowest BCUT2D eigenvalue weighted by atomic mass is 9.74. The summed E-state index contributed by atoms with van der Waals surface area (Å²) in [4.78, 5) is 27.2. The summed E-state index contributed by atoms with van der Waals surface area (Å²) in [5.74, 6) is -1.60. The van der Waals surface area contributed by atoms with E-state index in [0.29, 0.717) is 29.3 Å². The Balaban J connectivity index is 2.20. The van der Waals surface area contributed by atoms with Crippen LogP contribution in [-0.2, 0) is 9.59 Å². The van der Waals surface area contributed by atoms with E-state index in [1.54, 1.807) is 36.1 Å². The molecule has 6 heteroatoms. The van der Waals surface area contributed by atoms with Crippen molar-refractivity contribution in [3.05, 3.63) is 82.4 Å². The molecule has 2 aromatic rings. The standard InChI is InChI=1S/C24H25Cl2NO3/c1-3-6-17-14-20(16-7-5-8-19(26)13-16)22(15-9-11-18(25)12-10-15)27(23(17)28)21(4-2)24(29)30/h3,5,7-13,17,20-22H,1,4,6,14H2,2H3,(H,29,30)/t17-,20-,21?,22-/m1/s1. The Bertz CT molecular complexity index is 928. The first-order valence-electron chi connectivity index (χ1n) is 10.0. The molecule has 1 aliphatic rings. The number of aliphatic carboxylic acids is 1. The second-order valence-electron chi connectivity index (χ2n) is 7.62. The summed E-state index contributed by atoms with van der Waals surface area (Å²) in [5.41, 5.74) is 1.84. The van der Waals surface area contributed by atoms with E-state index < -0.39 is 18.1 Å². The van der Waals surface area contributed by atoms with Crippen molar-refractivity contribution in [2.45, 2.75) is 44.2 Å². The predicted octanol–water partition coefficient (Wildman–Crippen LogP) is 6.11. The molecule has 1 amide bonds. The molecule has 4 nitrogen and oxygen atoms in total. The first-order chi connectivity index (χ1) is 14.4. The molecule has 0 spiro atoms. The van der Waals surface area contributed by atoms with E-state index in [2.05, 4.69) is 6.58 Å². The van der Waals surface area contributed by atoms with Crippen molar-refractivity contribution in [1.82, 2.24) is 4.90 Å². The van der Waals surface area contributed by atoms with Crippen molar-refractivity contribution < 1.29 is 14.7 Å². The number of carbonyl (C=O) groups excluding carboxylic acids is 1. The third kappa shape index (κ3) is 4.55. The van der Waals surface area contributed by atoms with E-state index in [4.69, 9.17) is 23.2 Å². The second-order valence-corrected chi connectivity index (χ2v) is 8.50. The lowest BCUT2D eigenvalue weighted by molar-refractivity contribution is -0.159. The van der Waals surface area contributed by atoms with Gasteiger partial charge in [-0.1, -0.05) is 60.5 Å². The van der Waals surface area contributed by atoms with Gasteiger partial charge in [-0.25, -0.2) is 4.79 Å². The molecule has 0 bridgehead atoms. The van der Waals surface area contributed by atoms with Crippen LogP contribution in [0, 0.1) is 5.92 Å². The molecule has 1 fully saturated rings. The Labute approximate surface area is 187 Å². The van der Waals surface area contributed by atoms with Crippen LogP contribution in [0.25, 0.3) is 0 Å². The number of carboxylic acid groups (broad SMARTS) is 1. The number of nitrogens with zero attached hydrogens (tertiary/aromatic N) is 1. The van der Waals surface area contributed by atoms with E-state index >= 15 is 0 Å². The molecule has 0 radical (unpaired) electrons. The molecular formula is C24H25Cl2NO3. The molecule has 0 saturated carbocycles. The molecule has 3 rings (SSSR count). The van der Waals surface area contributed by atoms with Crippen LogP contribution in [0.15, 0.2) is 61.2 Å². The van der Waals surface area contributed by atoms with Crippen molar-refractivity contribution in [1.29, 1.82) is 0 Å². The number of halogens is 2. The molecule has 1 unspecified atom stereocenters. The zero-order valence-electron chi connectivity index (χ0n) is 16.8. The van der Waals surface area contributed by atoms with Gasteiger partial charge in [-0.15, -0.1) is 6.58 Å². The lowest BCUT2D eigenvalue weighted by Gasteiger charge is -2.47. The zero-order chi connectivity index (χ0) is 21.8. The summed E-state index contributed by atoms with van der Waals surface area (Å²) >= 11 is 12.4. The second kappa shape index (κ2) is 9.67. The largest absolute Gasteiger partial charge is 0.480 e. The van der Waals surface area contributed by atoms with Crippen LogP contribution in [0.5, 0.6) is 0 Å². The Morgan fingerprint density at radius 1 is 1.20 bits per heavy atom. The predicted molar refractivity (Wildman–Crippen MR) is 120 cm³/mol.